The molecule has 1 saturated heterocycles. The number of nitrogens with zero attached hydrogens (tertiary/aromatic N) is 1. The third-order valence-electron chi connectivity index (χ3n) is 7.19. The molecule has 1 aliphatic heterocycles. The summed E-state index contributed by atoms with van der Waals surface area (Å²) in [5.74, 6) is 0.390. The van der Waals surface area contributed by atoms with Crippen LogP contribution in [0, 0.1) is 17.3 Å². The fraction of sp³-hybridized carbons (Fsp3) is 0.955. The van der Waals surface area contributed by atoms with Crippen LogP contribution in [0.2, 0.25) is 0 Å². The molecule has 6 nitrogen and oxygen atoms in total. The molecule has 2 rings (SSSR count). The van der Waals surface area contributed by atoms with Crippen molar-refractivity contribution in [2.75, 3.05) is 32.8 Å². The Morgan fingerprint density at radius 3 is 2.43 bits per heavy atom. The van der Waals surface area contributed by atoms with Crippen LogP contribution in [0.1, 0.15) is 71.6 Å². The van der Waals surface area contributed by atoms with Gasteiger partial charge in [-0.05, 0) is 44.1 Å². The number of morpholine rings is 1. The molecule has 0 aromatic carbocycles. The summed E-state index contributed by atoms with van der Waals surface area (Å²) >= 11 is 0. The third-order valence-corrected chi connectivity index (χ3v) is 7.19. The molecule has 1 saturated carbocycles. The molecule has 1 amide bonds. The molecule has 5 N–H and O–H groups in total. The van der Waals surface area contributed by atoms with E-state index in [1.54, 1.807) is 0 Å². The number of carbonyl (C=O) groups excluding carboxylic acids is 1. The maximum atomic E-state index is 12.5. The smallest absolute Gasteiger partial charge is 0.223 e. The minimum absolute atomic E-state index is 0.0752. The molecule has 1 aliphatic carbocycles. The maximum Gasteiger partial charge on any atom is 0.223 e. The summed E-state index contributed by atoms with van der Waals surface area (Å²) in [7, 11) is 0. The van der Waals surface area contributed by atoms with E-state index in [0.717, 1.165) is 45.7 Å². The quantitative estimate of drug-likeness (QED) is 0.496. The van der Waals surface area contributed by atoms with Gasteiger partial charge in [-0.15, -0.1) is 0 Å². The third kappa shape index (κ3) is 6.68. The number of aliphatic hydroxyl groups is 1. The van der Waals surface area contributed by atoms with E-state index in [2.05, 4.69) is 4.90 Å². The fourth-order valence-electron chi connectivity index (χ4n) is 5.07. The Labute approximate surface area is 171 Å². The van der Waals surface area contributed by atoms with Crippen molar-refractivity contribution < 1.29 is 14.6 Å². The number of aliphatic hydroxyl groups excluding tert-OH is 1. The van der Waals surface area contributed by atoms with Gasteiger partial charge in [0.25, 0.3) is 0 Å². The van der Waals surface area contributed by atoms with E-state index in [0.29, 0.717) is 18.8 Å². The standard InChI is InChI=1S/C22H43N3O3/c1-17(2)22(21(24)27,9-6-10-25-11-13-28-14-12-25)16-20(26)19(23)15-18-7-4-3-5-8-18/h17-20,26H,3-16,23H2,1-2H3,(H2,24,27)/t19-,20-,22+/m0/s1. The van der Waals surface area contributed by atoms with Gasteiger partial charge >= 0.3 is 0 Å². The highest BCUT2D eigenvalue weighted by Crippen LogP contribution is 2.39. The van der Waals surface area contributed by atoms with Gasteiger partial charge in [0.1, 0.15) is 0 Å². The van der Waals surface area contributed by atoms with Gasteiger partial charge in [0.2, 0.25) is 5.91 Å². The molecule has 0 aromatic heterocycles. The largest absolute Gasteiger partial charge is 0.391 e. The van der Waals surface area contributed by atoms with Crippen molar-refractivity contribution in [3.8, 4) is 0 Å². The lowest BCUT2D eigenvalue weighted by Gasteiger charge is -2.39. The van der Waals surface area contributed by atoms with E-state index in [1.807, 2.05) is 13.8 Å². The van der Waals surface area contributed by atoms with E-state index < -0.39 is 11.5 Å². The van der Waals surface area contributed by atoms with E-state index in [1.165, 1.54) is 32.1 Å². The van der Waals surface area contributed by atoms with Crippen LogP contribution in [0.3, 0.4) is 0 Å². The molecule has 2 aliphatic rings. The number of nitrogens with two attached hydrogens (primary N) is 2. The van der Waals surface area contributed by atoms with Gasteiger partial charge in [-0.1, -0.05) is 46.0 Å². The van der Waals surface area contributed by atoms with Gasteiger partial charge in [0, 0.05) is 19.1 Å². The first-order valence-corrected chi connectivity index (χ1v) is 11.4. The lowest BCUT2D eigenvalue weighted by atomic mass is 9.68. The zero-order valence-electron chi connectivity index (χ0n) is 18.1. The van der Waals surface area contributed by atoms with Crippen LogP contribution in [0.25, 0.3) is 0 Å². The number of amides is 1. The second-order valence-electron chi connectivity index (χ2n) is 9.41. The fourth-order valence-corrected chi connectivity index (χ4v) is 5.07. The Bertz CT molecular complexity index is 462. The summed E-state index contributed by atoms with van der Waals surface area (Å²) in [5.41, 5.74) is 11.6. The maximum absolute atomic E-state index is 12.5. The molecule has 3 atom stereocenters. The molecule has 28 heavy (non-hydrogen) atoms. The molecule has 0 bridgehead atoms. The van der Waals surface area contributed by atoms with Crippen LogP contribution >= 0.6 is 0 Å². The number of ether oxygens (including phenoxy) is 1. The highest BCUT2D eigenvalue weighted by molar-refractivity contribution is 5.81. The molecular weight excluding hydrogens is 354 g/mol. The molecule has 164 valence electrons. The average molecular weight is 398 g/mol. The first-order valence-electron chi connectivity index (χ1n) is 11.4. The first kappa shape index (κ1) is 23.6. The van der Waals surface area contributed by atoms with Gasteiger partial charge in [-0.2, -0.15) is 0 Å². The Hall–Kier alpha value is -0.690. The molecule has 0 unspecified atom stereocenters. The summed E-state index contributed by atoms with van der Waals surface area (Å²) in [5, 5.41) is 10.9. The van der Waals surface area contributed by atoms with Crippen molar-refractivity contribution in [2.45, 2.75) is 83.8 Å². The minimum atomic E-state index is -0.699. The number of rotatable bonds is 11. The molecule has 2 fully saturated rings. The summed E-state index contributed by atoms with van der Waals surface area (Å²) < 4.78 is 5.40. The second kappa shape index (κ2) is 11.5. The zero-order chi connectivity index (χ0) is 20.6. The van der Waals surface area contributed by atoms with Gasteiger partial charge in [-0.3, -0.25) is 9.69 Å². The van der Waals surface area contributed by atoms with Crippen molar-refractivity contribution in [2.24, 2.45) is 28.7 Å². The summed E-state index contributed by atoms with van der Waals surface area (Å²) in [6.07, 6.45) is 8.42. The van der Waals surface area contributed by atoms with Crippen molar-refractivity contribution in [3.63, 3.8) is 0 Å². The van der Waals surface area contributed by atoms with Crippen molar-refractivity contribution in [3.05, 3.63) is 0 Å². The van der Waals surface area contributed by atoms with Crippen LogP contribution in [-0.2, 0) is 9.53 Å². The van der Waals surface area contributed by atoms with Crippen LogP contribution in [-0.4, -0.2) is 60.9 Å². The molecular formula is C22H43N3O3. The number of carbonyl (C=O) groups is 1. The normalized spacial score (nSPS) is 24.0. The van der Waals surface area contributed by atoms with Crippen molar-refractivity contribution in [1.29, 1.82) is 0 Å². The van der Waals surface area contributed by atoms with E-state index >= 15 is 0 Å². The Morgan fingerprint density at radius 1 is 1.21 bits per heavy atom. The molecule has 0 spiro atoms. The number of primary amides is 1. The highest BCUT2D eigenvalue weighted by Gasteiger charge is 2.42. The van der Waals surface area contributed by atoms with Crippen LogP contribution in [0.4, 0.5) is 0 Å². The summed E-state index contributed by atoms with van der Waals surface area (Å²) in [6, 6.07) is -0.278. The highest BCUT2D eigenvalue weighted by atomic mass is 16.5. The Kier molecular flexibility index (Phi) is 9.67. The van der Waals surface area contributed by atoms with Gasteiger partial charge in [0.05, 0.1) is 24.7 Å². The first-order chi connectivity index (χ1) is 13.3. The predicted molar refractivity (Wildman–Crippen MR) is 113 cm³/mol. The summed E-state index contributed by atoms with van der Waals surface area (Å²) in [6.45, 7) is 8.47. The van der Waals surface area contributed by atoms with Gasteiger partial charge in [0.15, 0.2) is 0 Å². The van der Waals surface area contributed by atoms with Gasteiger partial charge in [-0.25, -0.2) is 0 Å². The molecule has 0 radical (unpaired) electrons. The monoisotopic (exact) mass is 397 g/mol. The minimum Gasteiger partial charge on any atom is -0.391 e. The SMILES string of the molecule is CC(C)[C@@](CCCN1CCOCC1)(C[C@H](O)[C@@H](N)CC1CCCCC1)C(N)=O. The van der Waals surface area contributed by atoms with Crippen LogP contribution < -0.4 is 11.5 Å². The summed E-state index contributed by atoms with van der Waals surface area (Å²) in [4.78, 5) is 14.9. The topological polar surface area (TPSA) is 102 Å². The Balaban J connectivity index is 1.92. The lowest BCUT2D eigenvalue weighted by Crippen LogP contribution is -2.48. The van der Waals surface area contributed by atoms with Crippen LogP contribution in [0.5, 0.6) is 0 Å². The average Bonchev–Trinajstić information content (AvgIpc) is 2.68. The predicted octanol–water partition coefficient (Wildman–Crippen LogP) is 2.28. The van der Waals surface area contributed by atoms with E-state index in [-0.39, 0.29) is 17.9 Å². The lowest BCUT2D eigenvalue weighted by molar-refractivity contribution is -0.133. The van der Waals surface area contributed by atoms with E-state index in [4.69, 9.17) is 16.2 Å². The van der Waals surface area contributed by atoms with Gasteiger partial charge < -0.3 is 21.3 Å². The number of hydrogen-bond acceptors (Lipinski definition) is 5. The molecule has 0 aromatic rings. The molecule has 1 heterocycles. The van der Waals surface area contributed by atoms with Crippen LogP contribution in [0.15, 0.2) is 0 Å². The second-order valence-corrected chi connectivity index (χ2v) is 9.41. The Morgan fingerprint density at radius 2 is 1.86 bits per heavy atom. The zero-order valence-corrected chi connectivity index (χ0v) is 18.1. The number of hydrogen-bond donors (Lipinski definition) is 3. The van der Waals surface area contributed by atoms with Crippen molar-refractivity contribution >= 4 is 5.91 Å². The molecule has 6 heteroatoms. The van der Waals surface area contributed by atoms with E-state index in [9.17, 15) is 9.90 Å². The van der Waals surface area contributed by atoms with Crippen molar-refractivity contribution in [1.82, 2.24) is 4.90 Å².